The molecule has 0 unspecified atom stereocenters. The van der Waals surface area contributed by atoms with Crippen LogP contribution >= 0.6 is 31.9 Å². The number of halogens is 2. The van der Waals surface area contributed by atoms with E-state index in [0.29, 0.717) is 45.5 Å². The van der Waals surface area contributed by atoms with Crippen LogP contribution < -0.4 is 15.0 Å². The average molecular weight is 567 g/mol. The SMILES string of the molecule is CCOc1cc(C=Nn2c(CC)nc3ccc(Br)cc3c2=O)c(Br)cc1O[C@H](C)C(=O)O. The van der Waals surface area contributed by atoms with Gasteiger partial charge in [-0.1, -0.05) is 22.9 Å². The maximum absolute atomic E-state index is 13.1. The minimum Gasteiger partial charge on any atom is -0.490 e. The Hall–Kier alpha value is -2.72. The van der Waals surface area contributed by atoms with Crippen LogP contribution in [0.1, 0.15) is 32.2 Å². The zero-order chi connectivity index (χ0) is 23.4. The van der Waals surface area contributed by atoms with Crippen molar-refractivity contribution < 1.29 is 19.4 Å². The third kappa shape index (κ3) is 5.18. The van der Waals surface area contributed by atoms with E-state index < -0.39 is 12.1 Å². The quantitative estimate of drug-likeness (QED) is 0.399. The standard InChI is InChI=1S/C22H21Br2N3O5/c1-4-20-26-17-7-6-14(23)9-15(17)21(28)27(20)25-11-13-8-18(31-5-2)19(10-16(13)24)32-12(3)22(29)30/h6-12H,4-5H2,1-3H3,(H,29,30)/t12-/m1/s1. The van der Waals surface area contributed by atoms with E-state index >= 15 is 0 Å². The molecule has 32 heavy (non-hydrogen) atoms. The number of benzene rings is 2. The lowest BCUT2D eigenvalue weighted by Crippen LogP contribution is -2.23. The van der Waals surface area contributed by atoms with Crippen molar-refractivity contribution in [1.82, 2.24) is 9.66 Å². The first-order valence-corrected chi connectivity index (χ1v) is 11.4. The third-order valence-corrected chi connectivity index (χ3v) is 5.70. The Bertz CT molecular complexity index is 1260. The van der Waals surface area contributed by atoms with Crippen LogP contribution in [0.15, 0.2) is 49.2 Å². The Kier molecular flexibility index (Phi) is 7.68. The van der Waals surface area contributed by atoms with Crippen LogP contribution in [0.25, 0.3) is 10.9 Å². The molecule has 0 amide bonds. The summed E-state index contributed by atoms with van der Waals surface area (Å²) < 4.78 is 13.8. The lowest BCUT2D eigenvalue weighted by Gasteiger charge is -2.16. The first-order valence-electron chi connectivity index (χ1n) is 9.86. The summed E-state index contributed by atoms with van der Waals surface area (Å²) in [5.41, 5.74) is 0.947. The van der Waals surface area contributed by atoms with Gasteiger partial charge in [0.15, 0.2) is 17.6 Å². The van der Waals surface area contributed by atoms with Gasteiger partial charge in [0.05, 0.1) is 23.7 Å². The molecule has 0 radical (unpaired) electrons. The second-order valence-corrected chi connectivity index (χ2v) is 8.53. The monoisotopic (exact) mass is 565 g/mol. The number of fused-ring (bicyclic) bond motifs is 1. The highest BCUT2D eigenvalue weighted by Gasteiger charge is 2.18. The van der Waals surface area contributed by atoms with Crippen LogP contribution in [0.2, 0.25) is 0 Å². The van der Waals surface area contributed by atoms with Gasteiger partial charge >= 0.3 is 5.97 Å². The van der Waals surface area contributed by atoms with Crippen molar-refractivity contribution in [3.63, 3.8) is 0 Å². The van der Waals surface area contributed by atoms with Gasteiger partial charge in [0.2, 0.25) is 0 Å². The molecule has 1 atom stereocenters. The molecule has 3 rings (SSSR count). The van der Waals surface area contributed by atoms with Gasteiger partial charge in [0.1, 0.15) is 5.82 Å². The van der Waals surface area contributed by atoms with E-state index in [-0.39, 0.29) is 11.3 Å². The van der Waals surface area contributed by atoms with Crippen molar-refractivity contribution in [1.29, 1.82) is 0 Å². The molecular formula is C22H21Br2N3O5. The minimum atomic E-state index is -1.09. The third-order valence-electron chi connectivity index (χ3n) is 4.52. The molecule has 8 nitrogen and oxygen atoms in total. The Morgan fingerprint density at radius 3 is 2.66 bits per heavy atom. The number of rotatable bonds is 8. The summed E-state index contributed by atoms with van der Waals surface area (Å²) in [7, 11) is 0. The molecule has 0 bridgehead atoms. The second kappa shape index (κ2) is 10.3. The zero-order valence-electron chi connectivity index (χ0n) is 17.6. The van der Waals surface area contributed by atoms with Gasteiger partial charge < -0.3 is 14.6 Å². The van der Waals surface area contributed by atoms with E-state index in [9.17, 15) is 9.59 Å². The summed E-state index contributed by atoms with van der Waals surface area (Å²) in [6, 6.07) is 8.63. The van der Waals surface area contributed by atoms with E-state index in [1.807, 2.05) is 19.9 Å². The van der Waals surface area contributed by atoms with E-state index in [2.05, 4.69) is 41.9 Å². The Morgan fingerprint density at radius 1 is 1.25 bits per heavy atom. The van der Waals surface area contributed by atoms with Crippen molar-refractivity contribution in [2.24, 2.45) is 5.10 Å². The molecule has 3 aromatic rings. The largest absolute Gasteiger partial charge is 0.490 e. The van der Waals surface area contributed by atoms with Gasteiger partial charge in [0, 0.05) is 20.9 Å². The van der Waals surface area contributed by atoms with E-state index in [1.54, 1.807) is 24.3 Å². The summed E-state index contributed by atoms with van der Waals surface area (Å²) in [5.74, 6) is 0.0943. The molecule has 168 valence electrons. The number of aromatic nitrogens is 2. The zero-order valence-corrected chi connectivity index (χ0v) is 20.8. The number of carboxylic acid groups (broad SMARTS) is 1. The smallest absolute Gasteiger partial charge is 0.344 e. The van der Waals surface area contributed by atoms with Gasteiger partial charge in [-0.3, -0.25) is 4.79 Å². The lowest BCUT2D eigenvalue weighted by atomic mass is 10.2. The fourth-order valence-electron chi connectivity index (χ4n) is 2.91. The summed E-state index contributed by atoms with van der Waals surface area (Å²) in [5, 5.41) is 14.0. The number of nitrogens with zero attached hydrogens (tertiary/aromatic N) is 3. The molecule has 0 saturated carbocycles. The lowest BCUT2D eigenvalue weighted by molar-refractivity contribution is -0.144. The average Bonchev–Trinajstić information content (AvgIpc) is 2.75. The normalized spacial score (nSPS) is 12.3. The molecule has 0 aliphatic rings. The predicted octanol–water partition coefficient (Wildman–Crippen LogP) is 4.62. The minimum absolute atomic E-state index is 0.277. The summed E-state index contributed by atoms with van der Waals surface area (Å²) >= 11 is 6.84. The Balaban J connectivity index is 2.06. The first kappa shape index (κ1) is 23.9. The van der Waals surface area contributed by atoms with Crippen molar-refractivity contribution in [3.8, 4) is 11.5 Å². The molecule has 1 aromatic heterocycles. The summed E-state index contributed by atoms with van der Waals surface area (Å²) in [6.07, 6.45) is 0.988. The van der Waals surface area contributed by atoms with Crippen LogP contribution in [0, 0.1) is 0 Å². The molecule has 0 saturated heterocycles. The van der Waals surface area contributed by atoms with Crippen LogP contribution in [0.3, 0.4) is 0 Å². The molecule has 2 aromatic carbocycles. The van der Waals surface area contributed by atoms with Crippen molar-refractivity contribution in [2.45, 2.75) is 33.3 Å². The van der Waals surface area contributed by atoms with Crippen molar-refractivity contribution >= 4 is 54.9 Å². The van der Waals surface area contributed by atoms with Gasteiger partial charge in [-0.25, -0.2) is 9.78 Å². The number of aryl methyl sites for hydroxylation is 1. The van der Waals surface area contributed by atoms with Gasteiger partial charge in [-0.2, -0.15) is 9.78 Å². The molecule has 0 aliphatic carbocycles. The van der Waals surface area contributed by atoms with Crippen LogP contribution in [-0.4, -0.2) is 39.7 Å². The van der Waals surface area contributed by atoms with Crippen LogP contribution in [0.4, 0.5) is 0 Å². The number of aliphatic carboxylic acids is 1. The highest BCUT2D eigenvalue weighted by atomic mass is 79.9. The van der Waals surface area contributed by atoms with E-state index in [0.717, 1.165) is 4.47 Å². The number of ether oxygens (including phenoxy) is 2. The molecular weight excluding hydrogens is 546 g/mol. The van der Waals surface area contributed by atoms with E-state index in [4.69, 9.17) is 14.6 Å². The van der Waals surface area contributed by atoms with Crippen LogP contribution in [-0.2, 0) is 11.2 Å². The summed E-state index contributed by atoms with van der Waals surface area (Å²) in [6.45, 7) is 5.51. The predicted molar refractivity (Wildman–Crippen MR) is 129 cm³/mol. The van der Waals surface area contributed by atoms with Gasteiger partial charge in [-0.15, -0.1) is 0 Å². The van der Waals surface area contributed by atoms with E-state index in [1.165, 1.54) is 17.8 Å². The molecule has 0 fully saturated rings. The van der Waals surface area contributed by atoms with Crippen molar-refractivity contribution in [3.05, 3.63) is 61.0 Å². The highest BCUT2D eigenvalue weighted by molar-refractivity contribution is 9.10. The highest BCUT2D eigenvalue weighted by Crippen LogP contribution is 2.34. The maximum atomic E-state index is 13.1. The Morgan fingerprint density at radius 2 is 2.00 bits per heavy atom. The van der Waals surface area contributed by atoms with Gasteiger partial charge in [0.25, 0.3) is 5.56 Å². The summed E-state index contributed by atoms with van der Waals surface area (Å²) in [4.78, 5) is 28.8. The van der Waals surface area contributed by atoms with Gasteiger partial charge in [-0.05, 0) is 60.1 Å². The number of carboxylic acids is 1. The maximum Gasteiger partial charge on any atom is 0.344 e. The molecule has 0 aliphatic heterocycles. The van der Waals surface area contributed by atoms with Crippen molar-refractivity contribution in [2.75, 3.05) is 6.61 Å². The molecule has 10 heteroatoms. The topological polar surface area (TPSA) is 103 Å². The fraction of sp³-hybridized carbons (Fsp3) is 0.273. The second-order valence-electron chi connectivity index (χ2n) is 6.76. The molecule has 0 spiro atoms. The number of hydrogen-bond donors (Lipinski definition) is 1. The number of hydrogen-bond acceptors (Lipinski definition) is 6. The fourth-order valence-corrected chi connectivity index (χ4v) is 3.70. The van der Waals surface area contributed by atoms with Crippen LogP contribution in [0.5, 0.6) is 11.5 Å². The number of carbonyl (C=O) groups is 1. The first-order chi connectivity index (χ1) is 15.2. The Labute approximate surface area is 201 Å². The molecule has 1 N–H and O–H groups in total. The molecule has 1 heterocycles.